The SMILES string of the molecule is NCC1(C(=O)NCCc2ccc3c(c2)OCCO3)CCOCC1. The number of fused-ring (bicyclic) bond motifs is 1. The first-order chi connectivity index (χ1) is 11.2. The number of nitrogens with two attached hydrogens (primary N) is 1. The van der Waals surface area contributed by atoms with Gasteiger partial charge in [-0.25, -0.2) is 0 Å². The highest BCUT2D eigenvalue weighted by molar-refractivity contribution is 5.83. The van der Waals surface area contributed by atoms with Gasteiger partial charge in [0.1, 0.15) is 13.2 Å². The fraction of sp³-hybridized carbons (Fsp3) is 0.588. The first-order valence-corrected chi connectivity index (χ1v) is 8.18. The van der Waals surface area contributed by atoms with Crippen LogP contribution in [0.15, 0.2) is 18.2 Å². The number of benzene rings is 1. The van der Waals surface area contributed by atoms with Gasteiger partial charge in [-0.15, -0.1) is 0 Å². The van der Waals surface area contributed by atoms with Gasteiger partial charge in [-0.1, -0.05) is 6.07 Å². The van der Waals surface area contributed by atoms with Gasteiger partial charge in [0.15, 0.2) is 11.5 Å². The highest BCUT2D eigenvalue weighted by atomic mass is 16.6. The van der Waals surface area contributed by atoms with Crippen molar-refractivity contribution in [2.24, 2.45) is 11.1 Å². The maximum absolute atomic E-state index is 12.5. The molecular formula is C17H24N2O4. The lowest BCUT2D eigenvalue weighted by Gasteiger charge is -2.34. The molecule has 0 bridgehead atoms. The molecule has 23 heavy (non-hydrogen) atoms. The molecule has 3 N–H and O–H groups in total. The van der Waals surface area contributed by atoms with E-state index in [9.17, 15) is 4.79 Å². The van der Waals surface area contributed by atoms with Gasteiger partial charge in [0, 0.05) is 26.3 Å². The molecule has 1 saturated heterocycles. The van der Waals surface area contributed by atoms with Crippen LogP contribution in [0.4, 0.5) is 0 Å². The summed E-state index contributed by atoms with van der Waals surface area (Å²) in [5.41, 5.74) is 6.50. The second-order valence-electron chi connectivity index (χ2n) is 6.08. The van der Waals surface area contributed by atoms with Gasteiger partial charge in [-0.3, -0.25) is 4.79 Å². The van der Waals surface area contributed by atoms with Crippen molar-refractivity contribution in [3.8, 4) is 11.5 Å². The second kappa shape index (κ2) is 7.19. The van der Waals surface area contributed by atoms with Gasteiger partial charge >= 0.3 is 0 Å². The van der Waals surface area contributed by atoms with Gasteiger partial charge in [-0.2, -0.15) is 0 Å². The molecule has 1 aromatic carbocycles. The molecule has 6 nitrogen and oxygen atoms in total. The third kappa shape index (κ3) is 3.59. The average molecular weight is 320 g/mol. The standard InChI is InChI=1S/C17H24N2O4/c18-12-17(4-7-21-8-5-17)16(20)19-6-3-13-1-2-14-15(11-13)23-10-9-22-14/h1-2,11H,3-10,12,18H2,(H,19,20). The first-order valence-electron chi connectivity index (χ1n) is 8.18. The molecule has 1 amide bonds. The number of carbonyl (C=O) groups is 1. The van der Waals surface area contributed by atoms with Crippen molar-refractivity contribution in [3.05, 3.63) is 23.8 Å². The zero-order chi connectivity index (χ0) is 16.1. The summed E-state index contributed by atoms with van der Waals surface area (Å²) in [5, 5.41) is 3.03. The number of rotatable bonds is 5. The monoisotopic (exact) mass is 320 g/mol. The summed E-state index contributed by atoms with van der Waals surface area (Å²) in [6, 6.07) is 5.91. The van der Waals surface area contributed by atoms with Crippen LogP contribution in [-0.2, 0) is 16.0 Å². The number of ether oxygens (including phenoxy) is 3. The average Bonchev–Trinajstić information content (AvgIpc) is 2.62. The van der Waals surface area contributed by atoms with Crippen molar-refractivity contribution in [3.63, 3.8) is 0 Å². The summed E-state index contributed by atoms with van der Waals surface area (Å²) < 4.78 is 16.4. The summed E-state index contributed by atoms with van der Waals surface area (Å²) >= 11 is 0. The number of nitrogens with one attached hydrogen (secondary N) is 1. The number of hydrogen-bond donors (Lipinski definition) is 2. The molecule has 6 heteroatoms. The van der Waals surface area contributed by atoms with E-state index in [4.69, 9.17) is 19.9 Å². The van der Waals surface area contributed by atoms with E-state index in [2.05, 4.69) is 5.32 Å². The molecule has 1 aromatic rings. The fourth-order valence-electron chi connectivity index (χ4n) is 3.04. The Morgan fingerprint density at radius 2 is 1.87 bits per heavy atom. The van der Waals surface area contributed by atoms with Crippen molar-refractivity contribution >= 4 is 5.91 Å². The van der Waals surface area contributed by atoms with E-state index in [1.54, 1.807) is 0 Å². The topological polar surface area (TPSA) is 82.8 Å². The normalized spacial score (nSPS) is 19.2. The lowest BCUT2D eigenvalue weighted by molar-refractivity contribution is -0.135. The van der Waals surface area contributed by atoms with E-state index in [-0.39, 0.29) is 5.91 Å². The molecule has 0 radical (unpaired) electrons. The van der Waals surface area contributed by atoms with Crippen LogP contribution in [-0.4, -0.2) is 45.4 Å². The van der Waals surface area contributed by atoms with Gasteiger partial charge in [0.25, 0.3) is 0 Å². The van der Waals surface area contributed by atoms with E-state index in [1.807, 2.05) is 18.2 Å². The summed E-state index contributed by atoms with van der Waals surface area (Å²) in [6.07, 6.45) is 2.14. The third-order valence-corrected chi connectivity index (χ3v) is 4.63. The molecule has 2 aliphatic heterocycles. The Balaban J connectivity index is 1.53. The minimum absolute atomic E-state index is 0.0424. The third-order valence-electron chi connectivity index (χ3n) is 4.63. The van der Waals surface area contributed by atoms with Crippen molar-refractivity contribution in [2.45, 2.75) is 19.3 Å². The molecule has 0 saturated carbocycles. The molecule has 0 atom stereocenters. The Hall–Kier alpha value is -1.79. The maximum atomic E-state index is 12.5. The van der Waals surface area contributed by atoms with E-state index in [0.29, 0.717) is 52.4 Å². The van der Waals surface area contributed by atoms with Gasteiger partial charge in [0.2, 0.25) is 5.91 Å². The summed E-state index contributed by atoms with van der Waals surface area (Å²) in [4.78, 5) is 12.5. The number of carbonyl (C=O) groups excluding carboxylic acids is 1. The van der Waals surface area contributed by atoms with Crippen LogP contribution < -0.4 is 20.5 Å². The molecule has 0 unspecified atom stereocenters. The quantitative estimate of drug-likeness (QED) is 0.841. The minimum Gasteiger partial charge on any atom is -0.486 e. The van der Waals surface area contributed by atoms with Crippen LogP contribution in [0.3, 0.4) is 0 Å². The van der Waals surface area contributed by atoms with Gasteiger partial charge in [-0.05, 0) is 37.0 Å². The zero-order valence-corrected chi connectivity index (χ0v) is 13.3. The van der Waals surface area contributed by atoms with Crippen LogP contribution in [0.5, 0.6) is 11.5 Å². The van der Waals surface area contributed by atoms with Crippen LogP contribution in [0.2, 0.25) is 0 Å². The van der Waals surface area contributed by atoms with Crippen molar-refractivity contribution < 1.29 is 19.0 Å². The van der Waals surface area contributed by atoms with Crippen LogP contribution in [0.1, 0.15) is 18.4 Å². The van der Waals surface area contributed by atoms with Crippen molar-refractivity contribution in [1.82, 2.24) is 5.32 Å². The molecule has 126 valence electrons. The smallest absolute Gasteiger partial charge is 0.227 e. The molecule has 0 aromatic heterocycles. The van der Waals surface area contributed by atoms with E-state index >= 15 is 0 Å². The largest absolute Gasteiger partial charge is 0.486 e. The maximum Gasteiger partial charge on any atom is 0.227 e. The Morgan fingerprint density at radius 1 is 1.13 bits per heavy atom. The van der Waals surface area contributed by atoms with Gasteiger partial charge in [0.05, 0.1) is 5.41 Å². The van der Waals surface area contributed by atoms with E-state index in [0.717, 1.165) is 23.5 Å². The Labute approximate surface area is 136 Å². The molecular weight excluding hydrogens is 296 g/mol. The number of amides is 1. The van der Waals surface area contributed by atoms with E-state index in [1.165, 1.54) is 0 Å². The predicted molar refractivity (Wildman–Crippen MR) is 85.7 cm³/mol. The van der Waals surface area contributed by atoms with Crippen LogP contribution in [0, 0.1) is 5.41 Å². The van der Waals surface area contributed by atoms with Crippen LogP contribution in [0.25, 0.3) is 0 Å². The molecule has 2 aliphatic rings. The Morgan fingerprint density at radius 3 is 2.61 bits per heavy atom. The fourth-order valence-corrected chi connectivity index (χ4v) is 3.04. The van der Waals surface area contributed by atoms with Crippen LogP contribution >= 0.6 is 0 Å². The molecule has 0 spiro atoms. The van der Waals surface area contributed by atoms with Crippen molar-refractivity contribution in [2.75, 3.05) is 39.5 Å². The highest BCUT2D eigenvalue weighted by Crippen LogP contribution is 2.31. The summed E-state index contributed by atoms with van der Waals surface area (Å²) in [6.45, 7) is 3.33. The van der Waals surface area contributed by atoms with Gasteiger partial charge < -0.3 is 25.3 Å². The lowest BCUT2D eigenvalue weighted by Crippen LogP contribution is -2.49. The van der Waals surface area contributed by atoms with E-state index < -0.39 is 5.41 Å². The highest BCUT2D eigenvalue weighted by Gasteiger charge is 2.38. The number of hydrogen-bond acceptors (Lipinski definition) is 5. The first kappa shape index (κ1) is 16.1. The summed E-state index contributed by atoms with van der Waals surface area (Å²) in [5.74, 6) is 1.61. The zero-order valence-electron chi connectivity index (χ0n) is 13.3. The molecule has 3 rings (SSSR count). The Kier molecular flexibility index (Phi) is 5.03. The molecule has 2 heterocycles. The Bertz CT molecular complexity index is 556. The lowest BCUT2D eigenvalue weighted by atomic mass is 9.79. The predicted octanol–water partition coefficient (Wildman–Crippen LogP) is 0.872. The molecule has 1 fully saturated rings. The molecule has 0 aliphatic carbocycles. The minimum atomic E-state index is -0.467. The second-order valence-corrected chi connectivity index (χ2v) is 6.08. The summed E-state index contributed by atoms with van der Waals surface area (Å²) in [7, 11) is 0. The van der Waals surface area contributed by atoms with Crippen molar-refractivity contribution in [1.29, 1.82) is 0 Å².